The Morgan fingerprint density at radius 2 is 1.06 bits per heavy atom. The fourth-order valence-electron chi connectivity index (χ4n) is 8.58. The SMILES string of the molecule is CC#CC#CC#CC#CC#CC#CC#CC#CC#CC#CC#CC#CC(=O)N[C@@H](CO[C@H]1OC(CO[Si](c2ccccc2)(c2ccccc2)C(C)(C)C)[C@H](C)[C@H](C)C1C)[C@H](O)[C@H](O)C=CCCCCCCCCCCCC.[HH].[HH].[HH].[HH].[HH].[HH].[HH].[HH].[HH].[HH].[HH].[HH].[HH].[HH].[HH].[HH].[HH].[HH].[HH].[HH].[HH].[HH].[HH].[HH]. The van der Waals surface area contributed by atoms with Crippen molar-refractivity contribution in [2.24, 2.45) is 17.8 Å². The summed E-state index contributed by atoms with van der Waals surface area (Å²) in [6, 6.07) is 20.0. The molecule has 0 bridgehead atoms. The van der Waals surface area contributed by atoms with Crippen molar-refractivity contribution in [3.05, 3.63) is 72.8 Å². The van der Waals surface area contributed by atoms with Crippen LogP contribution in [0.25, 0.3) is 0 Å². The van der Waals surface area contributed by atoms with Crippen LogP contribution in [-0.2, 0) is 18.7 Å². The number of aliphatic hydroxyl groups is 2. The third-order valence-electron chi connectivity index (χ3n) is 13.1. The molecule has 1 aliphatic heterocycles. The normalized spacial score (nSPS) is 16.9. The average Bonchev–Trinajstić information content (AvgIpc) is 0.774. The molecule has 8 heteroatoms. The molecule has 3 N–H and O–H groups in total. The summed E-state index contributed by atoms with van der Waals surface area (Å²) in [4.78, 5) is 13.2. The zero-order valence-corrected chi connectivity index (χ0v) is 47.3. The first-order chi connectivity index (χ1) is 37.4. The van der Waals surface area contributed by atoms with Crippen LogP contribution in [0, 0.1) is 160 Å². The van der Waals surface area contributed by atoms with Crippen LogP contribution in [0.5, 0.6) is 0 Å². The maximum atomic E-state index is 13.2. The molecule has 3 rings (SSSR count). The van der Waals surface area contributed by atoms with Gasteiger partial charge >= 0.3 is 0 Å². The summed E-state index contributed by atoms with van der Waals surface area (Å²) < 4.78 is 20.6. The first-order valence-corrected chi connectivity index (χ1v) is 28.6. The number of carbonyl (C=O) groups is 1. The van der Waals surface area contributed by atoms with Crippen LogP contribution in [0.1, 0.15) is 160 Å². The second-order valence-corrected chi connectivity index (χ2v) is 23.8. The Bertz CT molecular complexity index is 3070. The summed E-state index contributed by atoms with van der Waals surface area (Å²) in [5.74, 6) is 60.3. The van der Waals surface area contributed by atoms with Gasteiger partial charge in [0.2, 0.25) is 0 Å². The molecule has 77 heavy (non-hydrogen) atoms. The Labute approximate surface area is 499 Å². The Hall–Kier alpha value is -7.61. The Morgan fingerprint density at radius 1 is 0.636 bits per heavy atom. The van der Waals surface area contributed by atoms with Crippen LogP contribution in [0.3, 0.4) is 0 Å². The molecule has 0 spiro atoms. The standard InChI is InChI=1S/C69H73NO6Si.24H2/c1-9-11-13-15-17-19-21-23-24-25-26-27-28-29-30-31-32-33-35-37-39-41-49-55-66(72)70-63(67(73)64(71)54-48-40-38-36-34-22-20-18-16-14-12-10-2)56-74-68-60(5)58(3)59(4)65(76-68)57-75-77(69(6,7)8,61-50-44-42-45-51-61)62-52-46-43-47-53-62;;;;;;;;;;;;;;;;;;;;;;;;/h42-48,50-54,58-60,63-65,67-68,71,73H,10,12,14,16,18,20,22,34,36,38,40,56-57H2,1-8H3,(H,70,72);24*1H/t58-,59+,60?,63-,64+,65?,67-,68-;;;;;;;;;;;;;;;;;;;;;;;;/m0......................../s1. The van der Waals surface area contributed by atoms with Gasteiger partial charge in [-0.15, -0.1) is 0 Å². The molecule has 0 aromatic heterocycles. The quantitative estimate of drug-likeness (QED) is 0.0444. The summed E-state index contributed by atoms with van der Waals surface area (Å²) in [7, 11) is -2.87. The lowest BCUT2D eigenvalue weighted by Gasteiger charge is -2.47. The van der Waals surface area contributed by atoms with E-state index in [9.17, 15) is 15.0 Å². The van der Waals surface area contributed by atoms with Crippen molar-refractivity contribution in [1.29, 1.82) is 0 Å². The van der Waals surface area contributed by atoms with E-state index in [1.54, 1.807) is 13.0 Å². The van der Waals surface area contributed by atoms with Crippen LogP contribution in [0.4, 0.5) is 0 Å². The number of rotatable bonds is 23. The predicted molar refractivity (Wildman–Crippen MR) is 365 cm³/mol. The number of carbonyl (C=O) groups excluding carboxylic acids is 1. The smallest absolute Gasteiger partial charge is 0.297 e. The van der Waals surface area contributed by atoms with Crippen molar-refractivity contribution in [3.8, 4) is 142 Å². The maximum Gasteiger partial charge on any atom is 0.297 e. The zero-order chi connectivity index (χ0) is 55.8. The Morgan fingerprint density at radius 3 is 1.51 bits per heavy atom. The third kappa shape index (κ3) is 24.3. The molecule has 2 aromatic rings. The monoisotopic (exact) mass is 1090 g/mol. The number of hydrogen-bond donors (Lipinski definition) is 3. The molecule has 8 atom stereocenters. The maximum absolute atomic E-state index is 13.2. The zero-order valence-electron chi connectivity index (χ0n) is 46.3. The van der Waals surface area contributed by atoms with Crippen LogP contribution in [0.15, 0.2) is 72.8 Å². The Kier molecular flexibility index (Phi) is 31.4. The van der Waals surface area contributed by atoms with Crippen molar-refractivity contribution in [2.45, 2.75) is 162 Å². The molecule has 0 aliphatic carbocycles. The molecule has 2 aromatic carbocycles. The van der Waals surface area contributed by atoms with Crippen LogP contribution in [0.2, 0.25) is 5.04 Å². The molecule has 0 saturated carbocycles. The highest BCUT2D eigenvalue weighted by Gasteiger charge is 2.51. The molecule has 442 valence electrons. The summed E-state index contributed by atoms with van der Waals surface area (Å²) in [5.41, 5.74) is 0. The van der Waals surface area contributed by atoms with Crippen molar-refractivity contribution in [1.82, 2.24) is 5.32 Å². The average molecular weight is 1090 g/mol. The van der Waals surface area contributed by atoms with Gasteiger partial charge < -0.3 is 29.4 Å². The van der Waals surface area contributed by atoms with Gasteiger partial charge in [0, 0.05) is 81.6 Å². The van der Waals surface area contributed by atoms with Gasteiger partial charge in [-0.2, -0.15) is 0 Å². The minimum atomic E-state index is -2.87. The van der Waals surface area contributed by atoms with E-state index in [-0.39, 0.29) is 69.7 Å². The van der Waals surface area contributed by atoms with Gasteiger partial charge in [0.05, 0.1) is 25.4 Å². The molecular weight excluding hydrogens is 967 g/mol. The van der Waals surface area contributed by atoms with E-state index in [1.807, 2.05) is 18.2 Å². The second kappa shape index (κ2) is 38.0. The molecule has 1 fully saturated rings. The molecule has 1 heterocycles. The van der Waals surface area contributed by atoms with Crippen molar-refractivity contribution >= 4 is 24.6 Å². The number of amides is 1. The number of unbranched alkanes of at least 4 members (excludes halogenated alkanes) is 10. The van der Waals surface area contributed by atoms with E-state index in [0.29, 0.717) is 6.61 Å². The molecule has 1 aliphatic rings. The topological polar surface area (TPSA) is 97.3 Å². The lowest BCUT2D eigenvalue weighted by atomic mass is 9.79. The van der Waals surface area contributed by atoms with E-state index in [2.05, 4.69) is 244 Å². The van der Waals surface area contributed by atoms with Gasteiger partial charge in [0.15, 0.2) is 6.29 Å². The van der Waals surface area contributed by atoms with E-state index >= 15 is 0 Å². The Balaban J connectivity index is -0.000000130. The summed E-state index contributed by atoms with van der Waals surface area (Å²) in [6.45, 7) is 17.3. The number of aliphatic hydroxyl groups excluding tert-OH is 2. The van der Waals surface area contributed by atoms with Crippen LogP contribution >= 0.6 is 0 Å². The summed E-state index contributed by atoms with van der Waals surface area (Å²) >= 11 is 0. The first-order valence-electron chi connectivity index (χ1n) is 26.6. The highest BCUT2D eigenvalue weighted by molar-refractivity contribution is 6.99. The fraction of sp³-hybridized carbons (Fsp3) is 0.435. The minimum Gasteiger partial charge on any atom is -0.405 e. The highest BCUT2D eigenvalue weighted by atomic mass is 28.4. The minimum absolute atomic E-state index is 0. The summed E-state index contributed by atoms with van der Waals surface area (Å²) in [6.07, 6.45) is 12.8. The highest BCUT2D eigenvalue weighted by Crippen LogP contribution is 2.40. The molecule has 2 unspecified atom stereocenters. The number of benzene rings is 2. The lowest BCUT2D eigenvalue weighted by Crippen LogP contribution is -2.67. The first kappa shape index (κ1) is 63.7. The van der Waals surface area contributed by atoms with Crippen LogP contribution in [-0.4, -0.2) is 68.3 Å². The van der Waals surface area contributed by atoms with E-state index in [0.717, 1.165) is 19.3 Å². The van der Waals surface area contributed by atoms with Gasteiger partial charge in [-0.1, -0.05) is 185 Å². The summed E-state index contributed by atoms with van der Waals surface area (Å²) in [5, 5.41) is 27.7. The van der Waals surface area contributed by atoms with Gasteiger partial charge in [-0.25, -0.2) is 0 Å². The van der Waals surface area contributed by atoms with Crippen LogP contribution < -0.4 is 15.7 Å². The van der Waals surface area contributed by atoms with E-state index in [1.165, 1.54) is 61.7 Å². The molecule has 1 amide bonds. The molecule has 1 saturated heterocycles. The molecular formula is C69H121NO6Si. The van der Waals surface area contributed by atoms with Gasteiger partial charge in [0.25, 0.3) is 14.2 Å². The number of ether oxygens (including phenoxy) is 2. The number of nitrogens with one attached hydrogen (secondary N) is 1. The van der Waals surface area contributed by atoms with Crippen molar-refractivity contribution in [2.75, 3.05) is 13.2 Å². The van der Waals surface area contributed by atoms with E-state index < -0.39 is 38.8 Å². The van der Waals surface area contributed by atoms with Gasteiger partial charge in [-0.3, -0.25) is 4.79 Å². The number of allylic oxidation sites excluding steroid dienone is 1. The van der Waals surface area contributed by atoms with E-state index in [4.69, 9.17) is 13.9 Å². The third-order valence-corrected chi connectivity index (χ3v) is 18.1. The predicted octanol–water partition coefficient (Wildman–Crippen LogP) is 14.3. The lowest BCUT2D eigenvalue weighted by molar-refractivity contribution is -0.256. The number of hydrogen-bond acceptors (Lipinski definition) is 6. The molecule has 0 radical (unpaired) electrons. The second-order valence-electron chi connectivity index (χ2n) is 19.5. The van der Waals surface area contributed by atoms with Crippen molar-refractivity contribution in [3.63, 3.8) is 0 Å². The largest absolute Gasteiger partial charge is 0.405 e. The van der Waals surface area contributed by atoms with Gasteiger partial charge in [0.1, 0.15) is 12.2 Å². The fourth-order valence-corrected chi connectivity index (χ4v) is 13.1. The molecule has 7 nitrogen and oxygen atoms in total. The van der Waals surface area contributed by atoms with Gasteiger partial charge in [-0.05, 0) is 142 Å². The van der Waals surface area contributed by atoms with Crippen molar-refractivity contribution < 1.29 is 63.1 Å².